The minimum atomic E-state index is -1.07. The first-order valence-electron chi connectivity index (χ1n) is 7.29. The number of carbonyl (C=O) groups excluding carboxylic acids is 1. The third kappa shape index (κ3) is 3.36. The summed E-state index contributed by atoms with van der Waals surface area (Å²) in [6.45, 7) is 0.497. The monoisotopic (exact) mass is 299 g/mol. The van der Waals surface area contributed by atoms with Crippen LogP contribution in [-0.4, -0.2) is 30.1 Å². The van der Waals surface area contributed by atoms with Gasteiger partial charge in [-0.3, -0.25) is 4.79 Å². The van der Waals surface area contributed by atoms with Gasteiger partial charge in [-0.15, -0.1) is 0 Å². The summed E-state index contributed by atoms with van der Waals surface area (Å²) in [4.78, 5) is 23.1. The molecule has 5 heteroatoms. The van der Waals surface area contributed by atoms with Gasteiger partial charge in [0.1, 0.15) is 11.3 Å². The van der Waals surface area contributed by atoms with Gasteiger partial charge >= 0.3 is 5.97 Å². The van der Waals surface area contributed by atoms with Crippen molar-refractivity contribution in [2.75, 3.05) is 13.2 Å². The molecule has 0 spiro atoms. The van der Waals surface area contributed by atoms with E-state index in [9.17, 15) is 14.7 Å². The average molecular weight is 299 g/mol. The van der Waals surface area contributed by atoms with Crippen LogP contribution in [0.2, 0.25) is 0 Å². The zero-order valence-electron chi connectivity index (χ0n) is 12.0. The minimum absolute atomic E-state index is 0.0636. The van der Waals surface area contributed by atoms with E-state index in [0.717, 1.165) is 23.6 Å². The van der Waals surface area contributed by atoms with Crippen LogP contribution in [0.5, 0.6) is 5.75 Å². The first kappa shape index (κ1) is 14.4. The number of amides is 1. The van der Waals surface area contributed by atoms with Gasteiger partial charge in [0, 0.05) is 6.54 Å². The van der Waals surface area contributed by atoms with Crippen molar-refractivity contribution in [2.24, 2.45) is 5.92 Å². The summed E-state index contributed by atoms with van der Waals surface area (Å²) < 4.78 is 5.43. The molecule has 5 nitrogen and oxygen atoms in total. The molecule has 1 aliphatic carbocycles. The Bertz CT molecular complexity index is 722. The smallest absolute Gasteiger partial charge is 0.339 e. The van der Waals surface area contributed by atoms with Gasteiger partial charge in [0.05, 0.1) is 0 Å². The molecule has 2 aromatic carbocycles. The fraction of sp³-hybridized carbons (Fsp3) is 0.294. The zero-order chi connectivity index (χ0) is 15.5. The van der Waals surface area contributed by atoms with Crippen molar-refractivity contribution >= 4 is 22.6 Å². The highest BCUT2D eigenvalue weighted by Crippen LogP contribution is 2.28. The van der Waals surface area contributed by atoms with Crippen LogP contribution >= 0.6 is 0 Å². The summed E-state index contributed by atoms with van der Waals surface area (Å²) in [5.74, 6) is -0.484. The summed E-state index contributed by atoms with van der Waals surface area (Å²) in [5, 5.41) is 13.8. The quantitative estimate of drug-likeness (QED) is 0.859. The molecule has 0 unspecified atom stereocenters. The van der Waals surface area contributed by atoms with Crippen molar-refractivity contribution in [3.63, 3.8) is 0 Å². The van der Waals surface area contributed by atoms with E-state index in [1.54, 1.807) is 12.1 Å². The SMILES string of the molecule is O=C(COc1cc2ccccc2cc1C(=O)O)NCC1CC1. The van der Waals surface area contributed by atoms with Gasteiger partial charge in [-0.05, 0) is 41.7 Å². The van der Waals surface area contributed by atoms with Crippen molar-refractivity contribution in [3.05, 3.63) is 42.0 Å². The minimum Gasteiger partial charge on any atom is -0.483 e. The number of rotatable bonds is 6. The lowest BCUT2D eigenvalue weighted by Crippen LogP contribution is -2.30. The molecule has 22 heavy (non-hydrogen) atoms. The maximum absolute atomic E-state index is 11.7. The number of carboxylic acid groups (broad SMARTS) is 1. The summed E-state index contributed by atoms with van der Waals surface area (Å²) in [5.41, 5.74) is 0.0636. The van der Waals surface area contributed by atoms with Crippen LogP contribution in [0.3, 0.4) is 0 Å². The summed E-state index contributed by atoms with van der Waals surface area (Å²) in [7, 11) is 0. The molecule has 2 N–H and O–H groups in total. The molecule has 0 radical (unpaired) electrons. The van der Waals surface area contributed by atoms with Gasteiger partial charge in [0.25, 0.3) is 5.91 Å². The number of carbonyl (C=O) groups is 2. The third-order valence-corrected chi connectivity index (χ3v) is 3.72. The van der Waals surface area contributed by atoms with E-state index in [-0.39, 0.29) is 23.8 Å². The molecule has 0 atom stereocenters. The molecule has 114 valence electrons. The Kier molecular flexibility index (Phi) is 3.96. The molecule has 0 aromatic heterocycles. The van der Waals surface area contributed by atoms with Crippen molar-refractivity contribution in [1.29, 1.82) is 0 Å². The van der Waals surface area contributed by atoms with E-state index >= 15 is 0 Å². The number of benzene rings is 2. The Morgan fingerprint density at radius 1 is 1.18 bits per heavy atom. The Morgan fingerprint density at radius 2 is 1.86 bits per heavy atom. The van der Waals surface area contributed by atoms with Crippen LogP contribution in [0, 0.1) is 5.92 Å². The van der Waals surface area contributed by atoms with Crippen LogP contribution < -0.4 is 10.1 Å². The molecule has 0 aliphatic heterocycles. The Labute approximate surface area is 127 Å². The number of fused-ring (bicyclic) bond motifs is 1. The first-order chi connectivity index (χ1) is 10.6. The van der Waals surface area contributed by atoms with E-state index in [0.29, 0.717) is 12.5 Å². The highest BCUT2D eigenvalue weighted by atomic mass is 16.5. The van der Waals surface area contributed by atoms with E-state index in [2.05, 4.69) is 5.32 Å². The fourth-order valence-electron chi connectivity index (χ4n) is 2.28. The Balaban J connectivity index is 1.74. The summed E-state index contributed by atoms with van der Waals surface area (Å²) in [6, 6.07) is 10.7. The van der Waals surface area contributed by atoms with Crippen molar-refractivity contribution in [2.45, 2.75) is 12.8 Å². The molecule has 0 bridgehead atoms. The highest BCUT2D eigenvalue weighted by Gasteiger charge is 2.21. The second-order valence-electron chi connectivity index (χ2n) is 5.54. The van der Waals surface area contributed by atoms with E-state index < -0.39 is 5.97 Å². The molecule has 1 fully saturated rings. The third-order valence-electron chi connectivity index (χ3n) is 3.72. The molecular weight excluding hydrogens is 282 g/mol. The van der Waals surface area contributed by atoms with Crippen LogP contribution in [0.1, 0.15) is 23.2 Å². The van der Waals surface area contributed by atoms with Gasteiger partial charge in [0.15, 0.2) is 6.61 Å². The average Bonchev–Trinajstić information content (AvgIpc) is 3.34. The molecule has 0 saturated heterocycles. The largest absolute Gasteiger partial charge is 0.483 e. The molecule has 0 heterocycles. The Morgan fingerprint density at radius 3 is 2.50 bits per heavy atom. The second kappa shape index (κ2) is 6.05. The normalized spacial score (nSPS) is 13.8. The Hall–Kier alpha value is -2.56. The van der Waals surface area contributed by atoms with Gasteiger partial charge in [-0.25, -0.2) is 4.79 Å². The van der Waals surface area contributed by atoms with Gasteiger partial charge in [0.2, 0.25) is 0 Å². The maximum atomic E-state index is 11.7. The molecule has 1 amide bonds. The standard InChI is InChI=1S/C17H17NO4/c19-16(18-9-11-5-6-11)10-22-15-8-13-4-2-1-3-12(13)7-14(15)17(20)21/h1-4,7-8,11H,5-6,9-10H2,(H,18,19)(H,20,21). The van der Waals surface area contributed by atoms with Crippen molar-refractivity contribution in [1.82, 2.24) is 5.32 Å². The first-order valence-corrected chi connectivity index (χ1v) is 7.29. The lowest BCUT2D eigenvalue weighted by Gasteiger charge is -2.11. The van der Waals surface area contributed by atoms with Gasteiger partial charge < -0.3 is 15.2 Å². The lowest BCUT2D eigenvalue weighted by molar-refractivity contribution is -0.123. The van der Waals surface area contributed by atoms with E-state index in [1.807, 2.05) is 24.3 Å². The number of nitrogens with one attached hydrogen (secondary N) is 1. The lowest BCUT2D eigenvalue weighted by atomic mass is 10.1. The van der Waals surface area contributed by atoms with Crippen LogP contribution in [0.4, 0.5) is 0 Å². The topological polar surface area (TPSA) is 75.6 Å². The van der Waals surface area contributed by atoms with Gasteiger partial charge in [-0.2, -0.15) is 0 Å². The zero-order valence-corrected chi connectivity index (χ0v) is 12.0. The van der Waals surface area contributed by atoms with E-state index in [4.69, 9.17) is 4.74 Å². The van der Waals surface area contributed by atoms with E-state index in [1.165, 1.54) is 0 Å². The molecule has 2 aromatic rings. The number of carboxylic acids is 1. The van der Waals surface area contributed by atoms with Crippen LogP contribution in [0.25, 0.3) is 10.8 Å². The predicted octanol–water partition coefficient (Wildman–Crippen LogP) is 2.44. The summed E-state index contributed by atoms with van der Waals surface area (Å²) in [6.07, 6.45) is 2.32. The summed E-state index contributed by atoms with van der Waals surface area (Å²) >= 11 is 0. The number of hydrogen-bond donors (Lipinski definition) is 2. The number of aromatic carboxylic acids is 1. The highest BCUT2D eigenvalue weighted by molar-refractivity contribution is 5.97. The van der Waals surface area contributed by atoms with Crippen molar-refractivity contribution < 1.29 is 19.4 Å². The predicted molar refractivity (Wildman–Crippen MR) is 82.1 cm³/mol. The number of hydrogen-bond acceptors (Lipinski definition) is 3. The van der Waals surface area contributed by atoms with Gasteiger partial charge in [-0.1, -0.05) is 24.3 Å². The fourth-order valence-corrected chi connectivity index (χ4v) is 2.28. The van der Waals surface area contributed by atoms with Crippen molar-refractivity contribution in [3.8, 4) is 5.75 Å². The molecule has 1 aliphatic rings. The number of ether oxygens (including phenoxy) is 1. The molecule has 3 rings (SSSR count). The second-order valence-corrected chi connectivity index (χ2v) is 5.54. The molecule has 1 saturated carbocycles. The van der Waals surface area contributed by atoms with Crippen LogP contribution in [-0.2, 0) is 4.79 Å². The maximum Gasteiger partial charge on any atom is 0.339 e. The van der Waals surface area contributed by atoms with Crippen LogP contribution in [0.15, 0.2) is 36.4 Å². The molecular formula is C17H17NO4.